The van der Waals surface area contributed by atoms with Crippen molar-refractivity contribution < 1.29 is 0 Å². The van der Waals surface area contributed by atoms with Gasteiger partial charge in [-0.2, -0.15) is 0 Å². The molecule has 2 heteroatoms. The van der Waals surface area contributed by atoms with E-state index in [1.165, 1.54) is 55.7 Å². The lowest BCUT2D eigenvalue weighted by atomic mass is 9.78. The van der Waals surface area contributed by atoms with Crippen LogP contribution in [0.4, 0.5) is 17.1 Å². The first-order chi connectivity index (χ1) is 24.9. The third kappa shape index (κ3) is 6.34. The van der Waals surface area contributed by atoms with E-state index in [2.05, 4.69) is 184 Å². The highest BCUT2D eigenvalue weighted by Gasteiger charge is 2.24. The fourth-order valence-corrected chi connectivity index (χ4v) is 8.22. The van der Waals surface area contributed by atoms with E-state index in [0.29, 0.717) is 17.8 Å². The molecule has 2 aliphatic rings. The molecule has 0 saturated carbocycles. The maximum absolute atomic E-state index is 5.72. The zero-order valence-electron chi connectivity index (χ0n) is 30.6. The molecule has 0 radical (unpaired) electrons. The molecular formula is C49H48N2. The van der Waals surface area contributed by atoms with Gasteiger partial charge in [-0.15, -0.1) is 6.42 Å². The Balaban J connectivity index is 1.34. The van der Waals surface area contributed by atoms with Gasteiger partial charge in [0.15, 0.2) is 0 Å². The first-order valence-corrected chi connectivity index (χ1v) is 18.5. The van der Waals surface area contributed by atoms with Gasteiger partial charge in [-0.1, -0.05) is 112 Å². The minimum atomic E-state index is 0.405. The summed E-state index contributed by atoms with van der Waals surface area (Å²) in [6.07, 6.45) is 28.6. The average molecular weight is 665 g/mol. The summed E-state index contributed by atoms with van der Waals surface area (Å²) < 4.78 is 2.41. The predicted molar refractivity (Wildman–Crippen MR) is 221 cm³/mol. The highest BCUT2D eigenvalue weighted by atomic mass is 15.1. The summed E-state index contributed by atoms with van der Waals surface area (Å²) in [5.74, 6) is 4.06. The number of aryl methyl sites for hydroxylation is 2. The van der Waals surface area contributed by atoms with Crippen LogP contribution in [0.3, 0.4) is 0 Å². The van der Waals surface area contributed by atoms with Gasteiger partial charge in [0.2, 0.25) is 0 Å². The lowest BCUT2D eigenvalue weighted by Crippen LogP contribution is -2.13. The van der Waals surface area contributed by atoms with Gasteiger partial charge in [-0.25, -0.2) is 0 Å². The molecule has 1 heterocycles. The van der Waals surface area contributed by atoms with Gasteiger partial charge in [0.25, 0.3) is 0 Å². The molecule has 3 unspecified atom stereocenters. The monoisotopic (exact) mass is 664 g/mol. The summed E-state index contributed by atoms with van der Waals surface area (Å²) >= 11 is 0. The van der Waals surface area contributed by atoms with Gasteiger partial charge in [-0.3, -0.25) is 0 Å². The Labute approximate surface area is 304 Å². The van der Waals surface area contributed by atoms with Crippen LogP contribution in [0.15, 0.2) is 134 Å². The van der Waals surface area contributed by atoms with Crippen molar-refractivity contribution in [1.82, 2.24) is 4.57 Å². The lowest BCUT2D eigenvalue weighted by Gasteiger charge is -2.28. The number of hydrogen-bond donors (Lipinski definition) is 0. The number of fused-ring (bicyclic) bond motifs is 1. The van der Waals surface area contributed by atoms with Crippen LogP contribution in [-0.4, -0.2) is 4.57 Å². The molecule has 0 bridgehead atoms. The molecular weight excluding hydrogens is 617 g/mol. The molecule has 4 aromatic carbocycles. The SMILES string of the molecule is C#C/C=C\c1c(C)c2cc(N(c3ccc(-c4cccc(C5C=CC=CC5CC)c4CC)cc3)c3ccccc3C)ccc2n1C1=CC=CCC1C. The molecule has 5 aromatic rings. The third-order valence-electron chi connectivity index (χ3n) is 10.9. The van der Waals surface area contributed by atoms with E-state index in [1.54, 1.807) is 0 Å². The highest BCUT2D eigenvalue weighted by Crippen LogP contribution is 2.43. The van der Waals surface area contributed by atoms with Crippen molar-refractivity contribution in [3.63, 3.8) is 0 Å². The van der Waals surface area contributed by atoms with Crippen LogP contribution in [0.5, 0.6) is 0 Å². The average Bonchev–Trinajstić information content (AvgIpc) is 3.44. The van der Waals surface area contributed by atoms with E-state index in [9.17, 15) is 0 Å². The van der Waals surface area contributed by atoms with Gasteiger partial charge < -0.3 is 9.47 Å². The minimum absolute atomic E-state index is 0.405. The van der Waals surface area contributed by atoms with E-state index in [-0.39, 0.29) is 0 Å². The van der Waals surface area contributed by atoms with E-state index in [1.807, 2.05) is 6.08 Å². The summed E-state index contributed by atoms with van der Waals surface area (Å²) in [6.45, 7) is 11.3. The second-order valence-electron chi connectivity index (χ2n) is 14.0. The summed E-state index contributed by atoms with van der Waals surface area (Å²) in [4.78, 5) is 2.40. The molecule has 1 aromatic heterocycles. The summed E-state index contributed by atoms with van der Waals surface area (Å²) in [5, 5.41) is 1.23. The third-order valence-corrected chi connectivity index (χ3v) is 10.9. The fourth-order valence-electron chi connectivity index (χ4n) is 8.22. The first kappa shape index (κ1) is 34.0. The number of terminal acetylenes is 1. The fraction of sp³-hybridized carbons (Fsp3) is 0.224. The summed E-state index contributed by atoms with van der Waals surface area (Å²) in [6, 6.07) is 31.7. The van der Waals surface area contributed by atoms with Gasteiger partial charge >= 0.3 is 0 Å². The molecule has 254 valence electrons. The lowest BCUT2D eigenvalue weighted by molar-refractivity contribution is 0.556. The maximum Gasteiger partial charge on any atom is 0.0535 e. The Bertz CT molecular complexity index is 2260. The normalized spacial score (nSPS) is 18.4. The molecule has 0 amide bonds. The molecule has 3 atom stereocenters. The van der Waals surface area contributed by atoms with Crippen LogP contribution in [-0.2, 0) is 6.42 Å². The van der Waals surface area contributed by atoms with Gasteiger partial charge in [0.05, 0.1) is 11.2 Å². The number of benzene rings is 4. The molecule has 0 fully saturated rings. The van der Waals surface area contributed by atoms with Gasteiger partial charge in [-0.05, 0) is 127 Å². The Morgan fingerprint density at radius 1 is 0.882 bits per heavy atom. The van der Waals surface area contributed by atoms with Crippen molar-refractivity contribution in [3.8, 4) is 23.5 Å². The van der Waals surface area contributed by atoms with Crippen LogP contribution < -0.4 is 4.90 Å². The minimum Gasteiger partial charge on any atom is -0.313 e. The molecule has 7 rings (SSSR count). The van der Waals surface area contributed by atoms with Crippen LogP contribution in [0, 0.1) is 38.0 Å². The second-order valence-corrected chi connectivity index (χ2v) is 14.0. The van der Waals surface area contributed by atoms with Crippen molar-refractivity contribution in [1.29, 1.82) is 0 Å². The van der Waals surface area contributed by atoms with E-state index >= 15 is 0 Å². The summed E-state index contributed by atoms with van der Waals surface area (Å²) in [5.41, 5.74) is 15.0. The number of anilines is 3. The highest BCUT2D eigenvalue weighted by molar-refractivity contribution is 5.95. The van der Waals surface area contributed by atoms with Crippen molar-refractivity contribution in [2.45, 2.75) is 59.8 Å². The molecule has 0 spiro atoms. The van der Waals surface area contributed by atoms with Crippen LogP contribution in [0.1, 0.15) is 67.5 Å². The standard InChI is InChI=1S/C49H48N2/c1-7-10-24-48-36(6)45-33-40(31-32-49(45)51(48)47-26-16-12-19-35(47)5)50(46-25-15-11-18-34(46)4)39-29-27-38(28-30-39)43-22-17-23-44(41(43)9-3)42-21-14-13-20-37(42)8-2/h1,10-18,20-33,35,37,42H,8-9,19H2,2-6H3/b24-10-. The van der Waals surface area contributed by atoms with E-state index in [4.69, 9.17) is 6.42 Å². The van der Waals surface area contributed by atoms with Crippen molar-refractivity contribution in [3.05, 3.63) is 161 Å². The molecule has 2 nitrogen and oxygen atoms in total. The molecule has 0 aliphatic heterocycles. The number of nitrogens with zero attached hydrogens (tertiary/aromatic N) is 2. The Morgan fingerprint density at radius 3 is 2.41 bits per heavy atom. The van der Waals surface area contributed by atoms with E-state index < -0.39 is 0 Å². The number of aromatic nitrogens is 1. The van der Waals surface area contributed by atoms with Crippen LogP contribution in [0.2, 0.25) is 0 Å². The van der Waals surface area contributed by atoms with Crippen molar-refractivity contribution in [2.75, 3.05) is 4.90 Å². The first-order valence-electron chi connectivity index (χ1n) is 18.5. The number of allylic oxidation sites excluding steroid dienone is 9. The van der Waals surface area contributed by atoms with Crippen molar-refractivity contribution >= 4 is 39.7 Å². The topological polar surface area (TPSA) is 8.17 Å². The van der Waals surface area contributed by atoms with Crippen molar-refractivity contribution in [2.24, 2.45) is 11.8 Å². The van der Waals surface area contributed by atoms with Crippen LogP contribution >= 0.6 is 0 Å². The second kappa shape index (κ2) is 14.8. The largest absolute Gasteiger partial charge is 0.313 e. The Kier molecular flexibility index (Phi) is 9.83. The molecule has 2 aliphatic carbocycles. The summed E-state index contributed by atoms with van der Waals surface area (Å²) in [7, 11) is 0. The quantitative estimate of drug-likeness (QED) is 0.142. The van der Waals surface area contributed by atoms with Gasteiger partial charge in [0, 0.05) is 40.0 Å². The number of hydrogen-bond acceptors (Lipinski definition) is 1. The van der Waals surface area contributed by atoms with Gasteiger partial charge in [0.1, 0.15) is 0 Å². The van der Waals surface area contributed by atoms with Crippen LogP contribution in [0.25, 0.3) is 33.8 Å². The smallest absolute Gasteiger partial charge is 0.0535 e. The molecule has 0 saturated heterocycles. The predicted octanol–water partition coefficient (Wildman–Crippen LogP) is 13.3. The Morgan fingerprint density at radius 2 is 1.67 bits per heavy atom. The zero-order valence-corrected chi connectivity index (χ0v) is 30.6. The number of para-hydroxylation sites is 1. The zero-order chi connectivity index (χ0) is 35.5. The maximum atomic E-state index is 5.72. The molecule has 0 N–H and O–H groups in total. The molecule has 51 heavy (non-hydrogen) atoms. The number of rotatable bonds is 9. The van der Waals surface area contributed by atoms with E-state index in [0.717, 1.165) is 36.3 Å². The Hall–Kier alpha value is -5.52.